The minimum atomic E-state index is -0.384. The van der Waals surface area contributed by atoms with Crippen molar-refractivity contribution in [3.63, 3.8) is 0 Å². The predicted octanol–water partition coefficient (Wildman–Crippen LogP) is 0.851. The summed E-state index contributed by atoms with van der Waals surface area (Å²) in [6.45, 7) is 7.13. The summed E-state index contributed by atoms with van der Waals surface area (Å²) < 4.78 is 5.96. The molecule has 1 saturated carbocycles. The average Bonchev–Trinajstić information content (AvgIpc) is 2.48. The molecule has 3 atom stereocenters. The molecule has 1 heterocycles. The third kappa shape index (κ3) is 5.06. The number of β-amino-alcohol motifs (C(OH)–C–C–N with tert-alkyl or cyclic N) is 1. The van der Waals surface area contributed by atoms with Gasteiger partial charge in [0.05, 0.1) is 18.8 Å². The zero-order valence-corrected chi connectivity index (χ0v) is 12.6. The molecule has 2 rings (SSSR count). The maximum atomic E-state index is 10.1. The number of nitrogens with one attached hydrogen (secondary N) is 1. The zero-order valence-electron chi connectivity index (χ0n) is 12.6. The average molecular weight is 280 g/mol. The summed E-state index contributed by atoms with van der Waals surface area (Å²) in [6.07, 6.45) is 4.53. The first kappa shape index (κ1) is 15.8. The molecule has 4 nitrogen and oxygen atoms in total. The van der Waals surface area contributed by atoms with Crippen molar-refractivity contribution in [2.75, 3.05) is 39.3 Å². The molecule has 0 aromatic heterocycles. The quantitative estimate of drug-likeness (QED) is 0.733. The van der Waals surface area contributed by atoms with E-state index >= 15 is 0 Å². The highest BCUT2D eigenvalue weighted by Crippen LogP contribution is 2.26. The van der Waals surface area contributed by atoms with Crippen LogP contribution in [0.4, 0.5) is 0 Å². The molecule has 0 radical (unpaired) electrons. The van der Waals surface area contributed by atoms with Gasteiger partial charge < -0.3 is 15.2 Å². The van der Waals surface area contributed by atoms with Crippen LogP contribution in [0.15, 0.2) is 0 Å². The fourth-order valence-corrected chi connectivity index (χ4v) is 3.13. The highest BCUT2D eigenvalue weighted by molar-refractivity contribution is 5.05. The molecule has 0 aromatic carbocycles. The predicted molar refractivity (Wildman–Crippen MR) is 80.5 cm³/mol. The SMILES string of the molecule is CC#CC1CCCCC1OCC(O)CN1CCNCC1. The number of aliphatic hydroxyl groups is 1. The summed E-state index contributed by atoms with van der Waals surface area (Å²) in [6, 6.07) is 0. The van der Waals surface area contributed by atoms with E-state index < -0.39 is 0 Å². The summed E-state index contributed by atoms with van der Waals surface area (Å²) >= 11 is 0. The number of rotatable bonds is 5. The molecule has 1 aliphatic carbocycles. The molecular weight excluding hydrogens is 252 g/mol. The monoisotopic (exact) mass is 280 g/mol. The molecule has 0 spiro atoms. The maximum absolute atomic E-state index is 10.1. The number of hydrogen-bond acceptors (Lipinski definition) is 4. The molecule has 0 bridgehead atoms. The highest BCUT2D eigenvalue weighted by Gasteiger charge is 2.25. The molecule has 0 amide bonds. The molecule has 2 fully saturated rings. The van der Waals surface area contributed by atoms with Crippen LogP contribution in [0.3, 0.4) is 0 Å². The van der Waals surface area contributed by atoms with Crippen molar-refractivity contribution in [2.45, 2.75) is 44.8 Å². The van der Waals surface area contributed by atoms with E-state index in [-0.39, 0.29) is 12.2 Å². The Hall–Kier alpha value is -0.600. The fraction of sp³-hybridized carbons (Fsp3) is 0.875. The number of hydrogen-bond donors (Lipinski definition) is 2. The highest BCUT2D eigenvalue weighted by atomic mass is 16.5. The fourth-order valence-electron chi connectivity index (χ4n) is 3.13. The van der Waals surface area contributed by atoms with E-state index in [1.165, 1.54) is 12.8 Å². The Labute approximate surface area is 122 Å². The van der Waals surface area contributed by atoms with Gasteiger partial charge in [0.2, 0.25) is 0 Å². The van der Waals surface area contributed by atoms with Crippen molar-refractivity contribution >= 4 is 0 Å². The lowest BCUT2D eigenvalue weighted by Gasteiger charge is -2.31. The van der Waals surface area contributed by atoms with Gasteiger partial charge in [-0.1, -0.05) is 18.8 Å². The molecule has 2 aliphatic rings. The van der Waals surface area contributed by atoms with Gasteiger partial charge in [-0.3, -0.25) is 4.90 Å². The van der Waals surface area contributed by atoms with Gasteiger partial charge >= 0.3 is 0 Å². The van der Waals surface area contributed by atoms with E-state index in [2.05, 4.69) is 22.1 Å². The van der Waals surface area contributed by atoms with Crippen molar-refractivity contribution in [1.82, 2.24) is 10.2 Å². The summed E-state index contributed by atoms with van der Waals surface area (Å²) in [5, 5.41) is 13.4. The van der Waals surface area contributed by atoms with Crippen LogP contribution in [0.5, 0.6) is 0 Å². The molecule has 2 N–H and O–H groups in total. The van der Waals surface area contributed by atoms with Gasteiger partial charge in [-0.2, -0.15) is 0 Å². The zero-order chi connectivity index (χ0) is 14.2. The standard InChI is InChI=1S/C16H28N2O2/c1-2-5-14-6-3-4-7-16(14)20-13-15(19)12-18-10-8-17-9-11-18/h14-17,19H,3-4,6-13H2,1H3. The van der Waals surface area contributed by atoms with E-state index in [0.717, 1.165) is 45.6 Å². The number of ether oxygens (including phenoxy) is 1. The third-order valence-electron chi connectivity index (χ3n) is 4.21. The Morgan fingerprint density at radius 1 is 1.30 bits per heavy atom. The first-order valence-corrected chi connectivity index (χ1v) is 7.94. The Bertz CT molecular complexity index is 331. The molecular formula is C16H28N2O2. The number of nitrogens with zero attached hydrogens (tertiary/aromatic N) is 1. The number of aliphatic hydroxyl groups excluding tert-OH is 1. The second-order valence-electron chi connectivity index (χ2n) is 5.86. The number of piperazine rings is 1. The van der Waals surface area contributed by atoms with Gasteiger partial charge in [0.25, 0.3) is 0 Å². The third-order valence-corrected chi connectivity index (χ3v) is 4.21. The van der Waals surface area contributed by atoms with Crippen LogP contribution in [0.1, 0.15) is 32.6 Å². The van der Waals surface area contributed by atoms with Crippen LogP contribution >= 0.6 is 0 Å². The van der Waals surface area contributed by atoms with E-state index in [1.807, 2.05) is 6.92 Å². The van der Waals surface area contributed by atoms with Crippen LogP contribution in [-0.2, 0) is 4.74 Å². The Balaban J connectivity index is 1.70. The first-order chi connectivity index (χ1) is 9.79. The summed E-state index contributed by atoms with van der Waals surface area (Å²) in [7, 11) is 0. The van der Waals surface area contributed by atoms with E-state index in [1.54, 1.807) is 0 Å². The van der Waals surface area contributed by atoms with Crippen molar-refractivity contribution in [3.8, 4) is 11.8 Å². The van der Waals surface area contributed by atoms with Crippen LogP contribution in [0.25, 0.3) is 0 Å². The van der Waals surface area contributed by atoms with Crippen LogP contribution < -0.4 is 5.32 Å². The van der Waals surface area contributed by atoms with E-state index in [0.29, 0.717) is 12.5 Å². The lowest BCUT2D eigenvalue weighted by atomic mass is 9.87. The lowest BCUT2D eigenvalue weighted by molar-refractivity contribution is -0.0466. The van der Waals surface area contributed by atoms with E-state index in [4.69, 9.17) is 4.74 Å². The van der Waals surface area contributed by atoms with Crippen molar-refractivity contribution < 1.29 is 9.84 Å². The normalized spacial score (nSPS) is 29.5. The van der Waals surface area contributed by atoms with Crippen molar-refractivity contribution in [1.29, 1.82) is 0 Å². The topological polar surface area (TPSA) is 44.7 Å². The van der Waals surface area contributed by atoms with Crippen molar-refractivity contribution in [3.05, 3.63) is 0 Å². The molecule has 0 aromatic rings. The molecule has 1 aliphatic heterocycles. The first-order valence-electron chi connectivity index (χ1n) is 7.94. The minimum Gasteiger partial charge on any atom is -0.389 e. The van der Waals surface area contributed by atoms with Crippen LogP contribution in [0.2, 0.25) is 0 Å². The Kier molecular flexibility index (Phi) is 6.81. The lowest BCUT2D eigenvalue weighted by Crippen LogP contribution is -2.47. The summed E-state index contributed by atoms with van der Waals surface area (Å²) in [5.74, 6) is 6.64. The largest absolute Gasteiger partial charge is 0.389 e. The van der Waals surface area contributed by atoms with E-state index in [9.17, 15) is 5.11 Å². The van der Waals surface area contributed by atoms with Gasteiger partial charge in [0, 0.05) is 38.6 Å². The Morgan fingerprint density at radius 2 is 2.05 bits per heavy atom. The molecule has 20 heavy (non-hydrogen) atoms. The van der Waals surface area contributed by atoms with Crippen molar-refractivity contribution in [2.24, 2.45) is 5.92 Å². The summed E-state index contributed by atoms with van der Waals surface area (Å²) in [4.78, 5) is 2.30. The van der Waals surface area contributed by atoms with Gasteiger partial charge in [0.15, 0.2) is 0 Å². The van der Waals surface area contributed by atoms with Crippen LogP contribution in [0, 0.1) is 17.8 Å². The van der Waals surface area contributed by atoms with Gasteiger partial charge in [-0.05, 0) is 19.8 Å². The second kappa shape index (κ2) is 8.63. The minimum absolute atomic E-state index is 0.217. The van der Waals surface area contributed by atoms with Gasteiger partial charge in [-0.25, -0.2) is 0 Å². The summed E-state index contributed by atoms with van der Waals surface area (Å²) in [5.41, 5.74) is 0. The molecule has 3 unspecified atom stereocenters. The maximum Gasteiger partial charge on any atom is 0.0900 e. The second-order valence-corrected chi connectivity index (χ2v) is 5.86. The molecule has 114 valence electrons. The van der Waals surface area contributed by atoms with Gasteiger partial charge in [0.1, 0.15) is 0 Å². The van der Waals surface area contributed by atoms with Crippen LogP contribution in [-0.4, -0.2) is 61.5 Å². The molecule has 4 heteroatoms. The Morgan fingerprint density at radius 3 is 2.80 bits per heavy atom. The molecule has 1 saturated heterocycles. The van der Waals surface area contributed by atoms with Gasteiger partial charge in [-0.15, -0.1) is 5.92 Å². The smallest absolute Gasteiger partial charge is 0.0900 e.